The van der Waals surface area contributed by atoms with Gasteiger partial charge in [0.2, 0.25) is 18.1 Å². The predicted octanol–water partition coefficient (Wildman–Crippen LogP) is 4.13. The van der Waals surface area contributed by atoms with Crippen LogP contribution in [0.3, 0.4) is 0 Å². The van der Waals surface area contributed by atoms with Crippen LogP contribution in [0.4, 0.5) is 4.79 Å². The molecule has 1 saturated heterocycles. The second kappa shape index (κ2) is 18.4. The fourth-order valence-corrected chi connectivity index (χ4v) is 5.19. The van der Waals surface area contributed by atoms with Crippen LogP contribution in [0.1, 0.15) is 110 Å². The molecule has 0 spiro atoms. The van der Waals surface area contributed by atoms with E-state index in [0.29, 0.717) is 24.9 Å². The van der Waals surface area contributed by atoms with Gasteiger partial charge < -0.3 is 26.6 Å². The number of nitrogens with zero attached hydrogens (tertiary/aromatic N) is 1. The Kier molecular flexibility index (Phi) is 15.4. The molecule has 1 aromatic rings. The summed E-state index contributed by atoms with van der Waals surface area (Å²) in [5, 5.41) is 8.36. The molecule has 11 nitrogen and oxygen atoms in total. The van der Waals surface area contributed by atoms with Gasteiger partial charge in [0, 0.05) is 18.2 Å². The molecular weight excluding hydrogens is 586 g/mol. The van der Waals surface area contributed by atoms with Gasteiger partial charge in [-0.15, -0.1) is 0 Å². The summed E-state index contributed by atoms with van der Waals surface area (Å²) in [4.78, 5) is 71.1. The Morgan fingerprint density at radius 1 is 0.870 bits per heavy atom. The van der Waals surface area contributed by atoms with Gasteiger partial charge in [-0.05, 0) is 56.8 Å². The number of hydrogen-bond acceptors (Lipinski definition) is 6. The van der Waals surface area contributed by atoms with Crippen LogP contribution in [0.15, 0.2) is 30.3 Å². The normalized spacial score (nSPS) is 19.9. The number of carbonyl (C=O) groups is 6. The van der Waals surface area contributed by atoms with E-state index in [1.54, 1.807) is 0 Å². The third kappa shape index (κ3) is 12.9. The zero-order valence-electron chi connectivity index (χ0n) is 28.5. The Hall–Kier alpha value is -3.76. The zero-order chi connectivity index (χ0) is 34.4. The van der Waals surface area contributed by atoms with Crippen molar-refractivity contribution in [2.75, 3.05) is 6.54 Å². The number of benzene rings is 1. The van der Waals surface area contributed by atoms with Crippen LogP contribution in [0.25, 0.3) is 0 Å². The maximum absolute atomic E-state index is 13.0. The summed E-state index contributed by atoms with van der Waals surface area (Å²) in [6, 6.07) is 7.09. The highest BCUT2D eigenvalue weighted by atomic mass is 16.2. The summed E-state index contributed by atoms with van der Waals surface area (Å²) in [5.74, 6) is -1.05. The number of Topliss-reactive ketones (excluding diaryl/α,β-unsaturated/α-hetero) is 2. The average molecular weight is 642 g/mol. The molecule has 0 radical (unpaired) electrons. The zero-order valence-corrected chi connectivity index (χ0v) is 28.5. The molecule has 11 heteroatoms. The number of rotatable bonds is 10. The maximum Gasteiger partial charge on any atom is 0.315 e. The minimum absolute atomic E-state index is 0.0195. The van der Waals surface area contributed by atoms with E-state index in [1.165, 1.54) is 31.1 Å². The SMILES string of the molecule is CC(NC(=O)C1CCCN1C=O)C(=O)C(N)=O.CC(NC(=O)NC(C(=O)c1ccccc1)C1CCCCC1)C(C)(C)C.CC1CC1. The Labute approximate surface area is 274 Å². The van der Waals surface area contributed by atoms with Gasteiger partial charge in [-0.2, -0.15) is 0 Å². The number of hydrogen-bond donors (Lipinski definition) is 4. The number of urea groups is 1. The van der Waals surface area contributed by atoms with Gasteiger partial charge in [-0.25, -0.2) is 4.79 Å². The summed E-state index contributed by atoms with van der Waals surface area (Å²) in [6.07, 6.45) is 10.4. The minimum Gasteiger partial charge on any atom is -0.363 e. The fourth-order valence-electron chi connectivity index (χ4n) is 5.19. The summed E-state index contributed by atoms with van der Waals surface area (Å²) in [5.41, 5.74) is 5.46. The lowest BCUT2D eigenvalue weighted by Gasteiger charge is -2.32. The highest BCUT2D eigenvalue weighted by molar-refractivity contribution is 6.37. The van der Waals surface area contributed by atoms with Crippen LogP contribution >= 0.6 is 0 Å². The number of nitrogens with one attached hydrogen (secondary N) is 3. The third-order valence-corrected chi connectivity index (χ3v) is 8.99. The first-order chi connectivity index (χ1) is 21.6. The van der Waals surface area contributed by atoms with Crippen molar-refractivity contribution in [2.24, 2.45) is 23.0 Å². The highest BCUT2D eigenvalue weighted by Gasteiger charge is 2.33. The molecule has 5 amide bonds. The van der Waals surface area contributed by atoms with Crippen LogP contribution in [-0.2, 0) is 19.2 Å². The van der Waals surface area contributed by atoms with Crippen molar-refractivity contribution in [3.8, 4) is 0 Å². The molecule has 1 aromatic carbocycles. The van der Waals surface area contributed by atoms with E-state index in [4.69, 9.17) is 5.73 Å². The van der Waals surface area contributed by atoms with Crippen molar-refractivity contribution in [3.63, 3.8) is 0 Å². The number of nitrogens with two attached hydrogens (primary N) is 1. The number of primary amides is 1. The average Bonchev–Trinajstić information content (AvgIpc) is 3.66. The second-order valence-corrected chi connectivity index (χ2v) is 14.0. The van der Waals surface area contributed by atoms with Crippen molar-refractivity contribution >= 4 is 35.8 Å². The number of likely N-dealkylation sites (tertiary alicyclic amines) is 1. The van der Waals surface area contributed by atoms with E-state index in [9.17, 15) is 28.8 Å². The Morgan fingerprint density at radius 3 is 1.96 bits per heavy atom. The molecule has 46 heavy (non-hydrogen) atoms. The topological polar surface area (TPSA) is 168 Å². The molecule has 4 unspecified atom stereocenters. The van der Waals surface area contributed by atoms with Crippen LogP contribution < -0.4 is 21.7 Å². The molecule has 0 bridgehead atoms. The summed E-state index contributed by atoms with van der Waals surface area (Å²) >= 11 is 0. The molecule has 5 N–H and O–H groups in total. The molecular formula is C35H55N5O6. The van der Waals surface area contributed by atoms with Crippen molar-refractivity contribution in [1.82, 2.24) is 20.9 Å². The number of ketones is 2. The second-order valence-electron chi connectivity index (χ2n) is 14.0. The van der Waals surface area contributed by atoms with Gasteiger partial charge in [0.25, 0.3) is 5.91 Å². The molecule has 256 valence electrons. The lowest BCUT2D eigenvalue weighted by atomic mass is 9.81. The van der Waals surface area contributed by atoms with Crippen molar-refractivity contribution in [1.29, 1.82) is 0 Å². The minimum atomic E-state index is -1.09. The van der Waals surface area contributed by atoms with Gasteiger partial charge in [-0.3, -0.25) is 24.0 Å². The van der Waals surface area contributed by atoms with E-state index >= 15 is 0 Å². The largest absolute Gasteiger partial charge is 0.363 e. The number of amides is 5. The summed E-state index contributed by atoms with van der Waals surface area (Å²) < 4.78 is 0. The Morgan fingerprint density at radius 2 is 1.46 bits per heavy atom. The molecule has 1 heterocycles. The quantitative estimate of drug-likeness (QED) is 0.170. The molecule has 3 fully saturated rings. The van der Waals surface area contributed by atoms with Gasteiger partial charge in [-0.1, -0.05) is 90.1 Å². The predicted molar refractivity (Wildman–Crippen MR) is 178 cm³/mol. The summed E-state index contributed by atoms with van der Waals surface area (Å²) in [7, 11) is 0. The van der Waals surface area contributed by atoms with Gasteiger partial charge in [0.1, 0.15) is 6.04 Å². The maximum atomic E-state index is 13.0. The lowest BCUT2D eigenvalue weighted by Crippen LogP contribution is -2.53. The molecule has 0 aromatic heterocycles. The first kappa shape index (κ1) is 38.4. The molecule has 2 saturated carbocycles. The molecule has 3 aliphatic rings. The molecule has 4 atom stereocenters. The number of carbonyl (C=O) groups excluding carboxylic acids is 6. The van der Waals surface area contributed by atoms with E-state index in [2.05, 4.69) is 43.6 Å². The first-order valence-electron chi connectivity index (χ1n) is 16.7. The van der Waals surface area contributed by atoms with E-state index in [-0.39, 0.29) is 29.2 Å². The van der Waals surface area contributed by atoms with E-state index < -0.39 is 35.7 Å². The molecule has 4 rings (SSSR count). The Balaban J connectivity index is 0.000000301. The van der Waals surface area contributed by atoms with Crippen LogP contribution in [0, 0.1) is 17.3 Å². The van der Waals surface area contributed by atoms with E-state index in [1.807, 2.05) is 37.3 Å². The van der Waals surface area contributed by atoms with Crippen LogP contribution in [0.5, 0.6) is 0 Å². The van der Waals surface area contributed by atoms with Crippen molar-refractivity contribution < 1.29 is 28.8 Å². The molecule has 1 aliphatic heterocycles. The third-order valence-electron chi connectivity index (χ3n) is 8.99. The van der Waals surface area contributed by atoms with E-state index in [0.717, 1.165) is 38.0 Å². The molecule has 2 aliphatic carbocycles. The monoisotopic (exact) mass is 641 g/mol. The Bertz CT molecular complexity index is 1170. The lowest BCUT2D eigenvalue weighted by molar-refractivity contribution is -0.139. The fraction of sp³-hybridized carbons (Fsp3) is 0.657. The van der Waals surface area contributed by atoms with Crippen molar-refractivity contribution in [3.05, 3.63) is 35.9 Å². The smallest absolute Gasteiger partial charge is 0.315 e. The van der Waals surface area contributed by atoms with Crippen LogP contribution in [0.2, 0.25) is 0 Å². The first-order valence-corrected chi connectivity index (χ1v) is 16.7. The van der Waals surface area contributed by atoms with Gasteiger partial charge in [0.05, 0.1) is 12.1 Å². The summed E-state index contributed by atoms with van der Waals surface area (Å²) in [6.45, 7) is 12.4. The van der Waals surface area contributed by atoms with Gasteiger partial charge >= 0.3 is 6.03 Å². The highest BCUT2D eigenvalue weighted by Crippen LogP contribution is 2.28. The standard InChI is InChI=1S/C21H32N2O2.C10H15N3O4.C4H8/c1-15(21(2,3)4)22-20(25)23-18(16-11-7-5-8-12-16)19(24)17-13-9-6-10-14-17;1-6(8(15)9(11)16)12-10(17)7-3-2-4-13(7)5-14;1-4-2-3-4/h6,9-10,13-16,18H,5,7-8,11-12H2,1-4H3,(H2,22,23,25);5-7H,2-4H2,1H3,(H2,11,16)(H,12,17);4H,2-3H2,1H3. The van der Waals surface area contributed by atoms with Crippen LogP contribution in [-0.4, -0.2) is 71.4 Å². The van der Waals surface area contributed by atoms with Crippen molar-refractivity contribution in [2.45, 2.75) is 123 Å². The van der Waals surface area contributed by atoms with Gasteiger partial charge in [0.15, 0.2) is 5.78 Å².